The SMILES string of the molecule is CN1C[C@@H](c2ccccc2)[C@@]2(CCCN(C(=O)[C@@H](C/C=C\c3ccccc3)CC(=O)C(C)(C)N)C2)C1=O. The van der Waals surface area contributed by atoms with Crippen molar-refractivity contribution in [3.63, 3.8) is 0 Å². The largest absolute Gasteiger partial charge is 0.345 e. The molecule has 6 heteroatoms. The minimum absolute atomic E-state index is 0.0304. The molecular weight excluding hydrogens is 462 g/mol. The Morgan fingerprint density at radius 2 is 1.76 bits per heavy atom. The normalized spacial score (nSPS) is 23.1. The lowest BCUT2D eigenvalue weighted by Gasteiger charge is -2.43. The Hall–Kier alpha value is -3.25. The number of piperidine rings is 1. The van der Waals surface area contributed by atoms with E-state index in [0.29, 0.717) is 26.1 Å². The van der Waals surface area contributed by atoms with Gasteiger partial charge in [-0.3, -0.25) is 14.4 Å². The fraction of sp³-hybridized carbons (Fsp3) is 0.452. The molecule has 2 aliphatic rings. The number of Topliss-reactive ketones (excluding diaryl/α,β-unsaturated/α-hetero) is 1. The first-order valence-corrected chi connectivity index (χ1v) is 13.2. The standard InChI is InChI=1S/C31H39N3O3/c1-30(2,32)27(35)20-25(17-10-14-23-12-6-4-7-13-23)28(36)34-19-11-18-31(22-34)26(21-33(3)29(31)37)24-15-8-5-9-16-24/h4-10,12-16,25-26H,11,17-22,32H2,1-3H3/b14-10-/t25-,26-,31-/m0/s1. The van der Waals surface area contributed by atoms with Gasteiger partial charge in [0, 0.05) is 44.9 Å². The molecule has 0 saturated carbocycles. The summed E-state index contributed by atoms with van der Waals surface area (Å²) in [6.07, 6.45) is 5.99. The Bertz CT molecular complexity index is 1140. The van der Waals surface area contributed by atoms with Crippen molar-refractivity contribution >= 4 is 23.7 Å². The molecule has 0 unspecified atom stereocenters. The van der Waals surface area contributed by atoms with Gasteiger partial charge in [0.15, 0.2) is 5.78 Å². The highest BCUT2D eigenvalue weighted by Gasteiger charge is 2.55. The Kier molecular flexibility index (Phi) is 7.98. The molecule has 2 amide bonds. The number of benzene rings is 2. The van der Waals surface area contributed by atoms with Gasteiger partial charge in [0.05, 0.1) is 11.0 Å². The van der Waals surface area contributed by atoms with Crippen molar-refractivity contribution < 1.29 is 14.4 Å². The van der Waals surface area contributed by atoms with Gasteiger partial charge in [0.2, 0.25) is 11.8 Å². The van der Waals surface area contributed by atoms with Crippen LogP contribution >= 0.6 is 0 Å². The van der Waals surface area contributed by atoms with Gasteiger partial charge in [-0.25, -0.2) is 0 Å². The molecule has 0 aliphatic carbocycles. The first kappa shape index (κ1) is 26.8. The average Bonchev–Trinajstić information content (AvgIpc) is 3.13. The lowest BCUT2D eigenvalue weighted by molar-refractivity contribution is -0.146. The van der Waals surface area contributed by atoms with Crippen molar-refractivity contribution in [1.29, 1.82) is 0 Å². The van der Waals surface area contributed by atoms with Crippen LogP contribution in [0.2, 0.25) is 0 Å². The van der Waals surface area contributed by atoms with Crippen LogP contribution < -0.4 is 5.73 Å². The molecule has 6 nitrogen and oxygen atoms in total. The zero-order chi connectivity index (χ0) is 26.6. The fourth-order valence-electron chi connectivity index (χ4n) is 5.85. The Morgan fingerprint density at radius 3 is 2.41 bits per heavy atom. The van der Waals surface area contributed by atoms with Gasteiger partial charge in [-0.05, 0) is 44.2 Å². The lowest BCUT2D eigenvalue weighted by atomic mass is 9.68. The van der Waals surface area contributed by atoms with Crippen LogP contribution in [0, 0.1) is 11.3 Å². The Balaban J connectivity index is 1.58. The summed E-state index contributed by atoms with van der Waals surface area (Å²) >= 11 is 0. The summed E-state index contributed by atoms with van der Waals surface area (Å²) in [5, 5.41) is 0. The molecule has 0 aromatic heterocycles. The van der Waals surface area contributed by atoms with E-state index < -0.39 is 16.9 Å². The molecule has 0 bridgehead atoms. The molecule has 2 aromatic carbocycles. The van der Waals surface area contributed by atoms with E-state index in [4.69, 9.17) is 5.73 Å². The highest BCUT2D eigenvalue weighted by atomic mass is 16.2. The molecule has 196 valence electrons. The smallest absolute Gasteiger partial charge is 0.231 e. The first-order chi connectivity index (χ1) is 17.6. The minimum atomic E-state index is -1.01. The molecule has 2 heterocycles. The maximum absolute atomic E-state index is 13.9. The van der Waals surface area contributed by atoms with E-state index in [1.807, 2.05) is 77.5 Å². The molecule has 1 spiro atoms. The van der Waals surface area contributed by atoms with E-state index in [0.717, 1.165) is 24.0 Å². The second-order valence-corrected chi connectivity index (χ2v) is 11.3. The highest BCUT2D eigenvalue weighted by Crippen LogP contribution is 2.49. The lowest BCUT2D eigenvalue weighted by Crippen LogP contribution is -2.53. The molecular formula is C31H39N3O3. The Morgan fingerprint density at radius 1 is 1.11 bits per heavy atom. The second kappa shape index (κ2) is 11.0. The summed E-state index contributed by atoms with van der Waals surface area (Å²) in [6, 6.07) is 20.1. The maximum Gasteiger partial charge on any atom is 0.231 e. The molecule has 2 saturated heterocycles. The average molecular weight is 502 g/mol. The molecule has 37 heavy (non-hydrogen) atoms. The summed E-state index contributed by atoms with van der Waals surface area (Å²) in [4.78, 5) is 44.0. The maximum atomic E-state index is 13.9. The van der Waals surface area contributed by atoms with Gasteiger partial charge in [-0.2, -0.15) is 0 Å². The number of likely N-dealkylation sites (tertiary alicyclic amines) is 2. The number of allylic oxidation sites excluding steroid dienone is 1. The van der Waals surface area contributed by atoms with E-state index in [-0.39, 0.29) is 29.9 Å². The zero-order valence-corrected chi connectivity index (χ0v) is 22.2. The minimum Gasteiger partial charge on any atom is -0.345 e. The summed E-state index contributed by atoms with van der Waals surface area (Å²) < 4.78 is 0. The highest BCUT2D eigenvalue weighted by molar-refractivity contribution is 5.93. The number of rotatable bonds is 8. The topological polar surface area (TPSA) is 83.7 Å². The number of hydrogen-bond acceptors (Lipinski definition) is 4. The van der Waals surface area contributed by atoms with Crippen LogP contribution in [0.3, 0.4) is 0 Å². The number of carbonyl (C=O) groups is 3. The third kappa shape index (κ3) is 5.85. The number of carbonyl (C=O) groups excluding carboxylic acids is 3. The summed E-state index contributed by atoms with van der Waals surface area (Å²) in [5.74, 6) is -0.579. The number of amides is 2. The fourth-order valence-corrected chi connectivity index (χ4v) is 5.85. The van der Waals surface area contributed by atoms with E-state index >= 15 is 0 Å². The van der Waals surface area contributed by atoms with Crippen LogP contribution in [0.25, 0.3) is 6.08 Å². The van der Waals surface area contributed by atoms with E-state index in [9.17, 15) is 14.4 Å². The molecule has 4 rings (SSSR count). The van der Waals surface area contributed by atoms with Gasteiger partial charge in [-0.1, -0.05) is 72.8 Å². The molecule has 2 aliphatic heterocycles. The molecule has 2 fully saturated rings. The number of nitrogens with two attached hydrogens (primary N) is 1. The summed E-state index contributed by atoms with van der Waals surface area (Å²) in [5.41, 5.74) is 6.63. The van der Waals surface area contributed by atoms with Crippen molar-refractivity contribution in [2.24, 2.45) is 17.1 Å². The van der Waals surface area contributed by atoms with Gasteiger partial charge < -0.3 is 15.5 Å². The van der Waals surface area contributed by atoms with Crippen molar-refractivity contribution in [3.05, 3.63) is 77.9 Å². The Labute approximate surface area is 220 Å². The summed E-state index contributed by atoms with van der Waals surface area (Å²) in [6.45, 7) is 4.99. The first-order valence-electron chi connectivity index (χ1n) is 13.2. The van der Waals surface area contributed by atoms with Crippen LogP contribution in [-0.4, -0.2) is 59.6 Å². The van der Waals surface area contributed by atoms with Crippen molar-refractivity contribution in [3.8, 4) is 0 Å². The van der Waals surface area contributed by atoms with Crippen molar-refractivity contribution in [1.82, 2.24) is 9.80 Å². The number of hydrogen-bond donors (Lipinski definition) is 1. The number of ketones is 1. The van der Waals surface area contributed by atoms with Crippen LogP contribution in [-0.2, 0) is 14.4 Å². The zero-order valence-electron chi connectivity index (χ0n) is 22.2. The van der Waals surface area contributed by atoms with Crippen LogP contribution in [0.1, 0.15) is 56.6 Å². The van der Waals surface area contributed by atoms with E-state index in [2.05, 4.69) is 12.1 Å². The van der Waals surface area contributed by atoms with Gasteiger partial charge in [0.25, 0.3) is 0 Å². The molecule has 0 radical (unpaired) electrons. The quantitative estimate of drug-likeness (QED) is 0.586. The van der Waals surface area contributed by atoms with Gasteiger partial charge >= 0.3 is 0 Å². The predicted molar refractivity (Wildman–Crippen MR) is 147 cm³/mol. The van der Waals surface area contributed by atoms with E-state index in [1.54, 1.807) is 13.8 Å². The summed E-state index contributed by atoms with van der Waals surface area (Å²) in [7, 11) is 1.85. The number of nitrogens with zero attached hydrogens (tertiary/aromatic N) is 2. The third-order valence-electron chi connectivity index (χ3n) is 7.96. The monoisotopic (exact) mass is 501 g/mol. The van der Waals surface area contributed by atoms with Gasteiger partial charge in [0.1, 0.15) is 0 Å². The molecule has 3 atom stereocenters. The molecule has 2 N–H and O–H groups in total. The predicted octanol–water partition coefficient (Wildman–Crippen LogP) is 4.27. The second-order valence-electron chi connectivity index (χ2n) is 11.3. The van der Waals surface area contributed by atoms with Crippen molar-refractivity contribution in [2.45, 2.75) is 51.0 Å². The van der Waals surface area contributed by atoms with E-state index in [1.165, 1.54) is 0 Å². The molecule has 2 aromatic rings. The van der Waals surface area contributed by atoms with Crippen molar-refractivity contribution in [2.75, 3.05) is 26.7 Å². The van der Waals surface area contributed by atoms with Crippen LogP contribution in [0.15, 0.2) is 66.7 Å². The third-order valence-corrected chi connectivity index (χ3v) is 7.96. The number of likely N-dealkylation sites (N-methyl/N-ethyl adjacent to an activating group) is 1. The van der Waals surface area contributed by atoms with Crippen LogP contribution in [0.5, 0.6) is 0 Å². The van der Waals surface area contributed by atoms with Crippen LogP contribution in [0.4, 0.5) is 0 Å². The van der Waals surface area contributed by atoms with Gasteiger partial charge in [-0.15, -0.1) is 0 Å².